The van der Waals surface area contributed by atoms with Gasteiger partial charge in [-0.25, -0.2) is 0 Å². The Balaban J connectivity index is 1.65. The number of amides is 2. The molecule has 1 fully saturated rings. The lowest BCUT2D eigenvalue weighted by Gasteiger charge is -2.15. The Morgan fingerprint density at radius 2 is 1.86 bits per heavy atom. The largest absolute Gasteiger partial charge is 0.418 e. The van der Waals surface area contributed by atoms with E-state index in [0.717, 1.165) is 12.5 Å². The minimum Gasteiger partial charge on any atom is -0.368 e. The van der Waals surface area contributed by atoms with Crippen molar-refractivity contribution in [2.24, 2.45) is 0 Å². The number of alkyl halides is 3. The summed E-state index contributed by atoms with van der Waals surface area (Å²) in [5.41, 5.74) is 3.93. The first-order valence-electron chi connectivity index (χ1n) is 8.60. The Morgan fingerprint density at radius 3 is 2.57 bits per heavy atom. The van der Waals surface area contributed by atoms with E-state index < -0.39 is 23.8 Å². The SMILES string of the molecule is O=C(NNc1ccccc1C(F)(F)F)c1cccc(NC(=O)[C@H]2CCCO2)c1. The van der Waals surface area contributed by atoms with Crippen molar-refractivity contribution in [3.63, 3.8) is 0 Å². The van der Waals surface area contributed by atoms with Crippen molar-refractivity contribution in [1.82, 2.24) is 5.43 Å². The zero-order valence-corrected chi connectivity index (χ0v) is 14.7. The Labute approximate surface area is 159 Å². The van der Waals surface area contributed by atoms with Crippen molar-refractivity contribution in [1.29, 1.82) is 0 Å². The maximum atomic E-state index is 13.0. The number of benzene rings is 2. The molecule has 0 aromatic heterocycles. The van der Waals surface area contributed by atoms with Gasteiger partial charge in [0.1, 0.15) is 6.10 Å². The van der Waals surface area contributed by atoms with Crippen molar-refractivity contribution in [2.45, 2.75) is 25.1 Å². The molecule has 0 unspecified atom stereocenters. The summed E-state index contributed by atoms with van der Waals surface area (Å²) in [6, 6.07) is 10.9. The van der Waals surface area contributed by atoms with Crippen LogP contribution in [0.25, 0.3) is 0 Å². The second-order valence-corrected chi connectivity index (χ2v) is 6.19. The third-order valence-electron chi connectivity index (χ3n) is 4.16. The van der Waals surface area contributed by atoms with Crippen molar-refractivity contribution in [3.8, 4) is 0 Å². The zero-order chi connectivity index (χ0) is 20.1. The quantitative estimate of drug-likeness (QED) is 0.679. The lowest BCUT2D eigenvalue weighted by atomic mass is 10.1. The highest BCUT2D eigenvalue weighted by Crippen LogP contribution is 2.34. The average molecular weight is 393 g/mol. The predicted octanol–water partition coefficient (Wildman–Crippen LogP) is 3.58. The van der Waals surface area contributed by atoms with Gasteiger partial charge < -0.3 is 10.1 Å². The minimum atomic E-state index is -4.55. The molecule has 1 saturated heterocycles. The molecule has 28 heavy (non-hydrogen) atoms. The van der Waals surface area contributed by atoms with Gasteiger partial charge >= 0.3 is 6.18 Å². The molecule has 0 spiro atoms. The number of ether oxygens (including phenoxy) is 1. The van der Waals surface area contributed by atoms with E-state index in [1.54, 1.807) is 12.1 Å². The van der Waals surface area contributed by atoms with E-state index in [9.17, 15) is 22.8 Å². The number of carbonyl (C=O) groups excluding carboxylic acids is 2. The number of anilines is 2. The maximum absolute atomic E-state index is 13.0. The Kier molecular flexibility index (Phi) is 5.84. The normalized spacial score (nSPS) is 16.5. The van der Waals surface area contributed by atoms with Crippen LogP contribution in [0.5, 0.6) is 0 Å². The fourth-order valence-corrected chi connectivity index (χ4v) is 2.78. The monoisotopic (exact) mass is 393 g/mol. The van der Waals surface area contributed by atoms with Crippen LogP contribution in [0.4, 0.5) is 24.5 Å². The highest BCUT2D eigenvalue weighted by molar-refractivity contribution is 5.98. The number of hydrogen-bond acceptors (Lipinski definition) is 4. The molecular formula is C19H18F3N3O3. The molecule has 0 aliphatic carbocycles. The van der Waals surface area contributed by atoms with Crippen molar-refractivity contribution < 1.29 is 27.5 Å². The predicted molar refractivity (Wildman–Crippen MR) is 96.6 cm³/mol. The standard InChI is InChI=1S/C19H18F3N3O3/c20-19(21,22)14-7-1-2-8-15(14)24-25-17(26)12-5-3-6-13(11-12)23-18(27)16-9-4-10-28-16/h1-3,5-8,11,16,24H,4,9-10H2,(H,23,27)(H,25,26)/t16-/m1/s1. The minimum absolute atomic E-state index is 0.169. The molecule has 0 radical (unpaired) electrons. The van der Waals surface area contributed by atoms with Gasteiger partial charge in [-0.15, -0.1) is 0 Å². The van der Waals surface area contributed by atoms with E-state index >= 15 is 0 Å². The molecule has 3 rings (SSSR count). The van der Waals surface area contributed by atoms with Crippen LogP contribution in [0.15, 0.2) is 48.5 Å². The second kappa shape index (κ2) is 8.30. The smallest absolute Gasteiger partial charge is 0.368 e. The molecule has 1 atom stereocenters. The third-order valence-corrected chi connectivity index (χ3v) is 4.16. The summed E-state index contributed by atoms with van der Waals surface area (Å²) in [4.78, 5) is 24.4. The molecule has 148 valence electrons. The summed E-state index contributed by atoms with van der Waals surface area (Å²) in [7, 11) is 0. The fourth-order valence-electron chi connectivity index (χ4n) is 2.78. The van der Waals surface area contributed by atoms with E-state index in [2.05, 4.69) is 16.2 Å². The summed E-state index contributed by atoms with van der Waals surface area (Å²) in [6.07, 6.45) is -3.63. The Morgan fingerprint density at radius 1 is 1.07 bits per heavy atom. The van der Waals surface area contributed by atoms with Gasteiger partial charge in [-0.3, -0.25) is 20.4 Å². The van der Waals surface area contributed by atoms with Gasteiger partial charge in [0.05, 0.1) is 11.3 Å². The van der Waals surface area contributed by atoms with E-state index in [4.69, 9.17) is 4.74 Å². The molecule has 3 N–H and O–H groups in total. The molecule has 2 aromatic carbocycles. The van der Waals surface area contributed by atoms with Crippen LogP contribution >= 0.6 is 0 Å². The van der Waals surface area contributed by atoms with Gasteiger partial charge in [-0.2, -0.15) is 13.2 Å². The van der Waals surface area contributed by atoms with Gasteiger partial charge in [-0.05, 0) is 43.2 Å². The summed E-state index contributed by atoms with van der Waals surface area (Å²) in [6.45, 7) is 0.533. The lowest BCUT2D eigenvalue weighted by molar-refractivity contribution is -0.137. The second-order valence-electron chi connectivity index (χ2n) is 6.19. The van der Waals surface area contributed by atoms with Crippen LogP contribution in [0.1, 0.15) is 28.8 Å². The van der Waals surface area contributed by atoms with Crippen LogP contribution in [0, 0.1) is 0 Å². The molecular weight excluding hydrogens is 375 g/mol. The first-order valence-corrected chi connectivity index (χ1v) is 8.60. The molecule has 9 heteroatoms. The molecule has 1 aliphatic heterocycles. The zero-order valence-electron chi connectivity index (χ0n) is 14.7. The molecule has 0 bridgehead atoms. The fraction of sp³-hybridized carbons (Fsp3) is 0.263. The number of nitrogens with one attached hydrogen (secondary N) is 3. The van der Waals surface area contributed by atoms with Crippen LogP contribution in [-0.2, 0) is 15.7 Å². The van der Waals surface area contributed by atoms with Crippen LogP contribution in [0.3, 0.4) is 0 Å². The highest BCUT2D eigenvalue weighted by Gasteiger charge is 2.33. The average Bonchev–Trinajstić information content (AvgIpc) is 3.21. The molecule has 1 aliphatic rings. The van der Waals surface area contributed by atoms with E-state index in [1.165, 1.54) is 30.3 Å². The topological polar surface area (TPSA) is 79.5 Å². The van der Waals surface area contributed by atoms with E-state index in [-0.39, 0.29) is 17.2 Å². The maximum Gasteiger partial charge on any atom is 0.418 e. The van der Waals surface area contributed by atoms with Crippen LogP contribution < -0.4 is 16.2 Å². The Bertz CT molecular complexity index is 865. The van der Waals surface area contributed by atoms with Crippen molar-refractivity contribution in [3.05, 3.63) is 59.7 Å². The molecule has 0 saturated carbocycles. The number of hydrogen-bond donors (Lipinski definition) is 3. The van der Waals surface area contributed by atoms with Crippen LogP contribution in [-0.4, -0.2) is 24.5 Å². The van der Waals surface area contributed by atoms with E-state index in [0.29, 0.717) is 18.7 Å². The highest BCUT2D eigenvalue weighted by atomic mass is 19.4. The molecule has 2 amide bonds. The number of halogens is 3. The van der Waals surface area contributed by atoms with Gasteiger partial charge in [0.25, 0.3) is 11.8 Å². The molecule has 1 heterocycles. The van der Waals surface area contributed by atoms with E-state index in [1.807, 2.05) is 0 Å². The lowest BCUT2D eigenvalue weighted by Crippen LogP contribution is -2.31. The molecule has 6 nitrogen and oxygen atoms in total. The first-order chi connectivity index (χ1) is 13.3. The van der Waals surface area contributed by atoms with Gasteiger partial charge in [-0.1, -0.05) is 18.2 Å². The third kappa shape index (κ3) is 4.80. The van der Waals surface area contributed by atoms with Gasteiger partial charge in [0.2, 0.25) is 0 Å². The summed E-state index contributed by atoms with van der Waals surface area (Å²) >= 11 is 0. The number of carbonyl (C=O) groups is 2. The summed E-state index contributed by atoms with van der Waals surface area (Å²) < 4.78 is 44.3. The van der Waals surface area contributed by atoms with Gasteiger partial charge in [0.15, 0.2) is 0 Å². The summed E-state index contributed by atoms with van der Waals surface area (Å²) in [5, 5.41) is 2.67. The molecule has 2 aromatic rings. The number of para-hydroxylation sites is 1. The Hall–Kier alpha value is -3.07. The number of hydrazine groups is 1. The van der Waals surface area contributed by atoms with Crippen molar-refractivity contribution in [2.75, 3.05) is 17.3 Å². The number of rotatable bonds is 5. The van der Waals surface area contributed by atoms with Crippen molar-refractivity contribution >= 4 is 23.2 Å². The first kappa shape index (κ1) is 19.7. The van der Waals surface area contributed by atoms with Crippen LogP contribution in [0.2, 0.25) is 0 Å². The summed E-state index contributed by atoms with van der Waals surface area (Å²) in [5.74, 6) is -0.947. The van der Waals surface area contributed by atoms with Gasteiger partial charge in [0, 0.05) is 17.9 Å².